The monoisotopic (exact) mass is 257 g/mol. The molecule has 0 atom stereocenters. The van der Waals surface area contributed by atoms with Crippen LogP contribution in [0, 0.1) is 6.92 Å². The Morgan fingerprint density at radius 2 is 2.06 bits per heavy atom. The lowest BCUT2D eigenvalue weighted by atomic mass is 10.3. The molecule has 3 nitrogen and oxygen atoms in total. The largest absolute Gasteiger partial charge is 0.370 e. The summed E-state index contributed by atoms with van der Waals surface area (Å²) in [7, 11) is 0. The molecule has 0 aromatic carbocycles. The minimum atomic E-state index is 0. The van der Waals surface area contributed by atoms with E-state index in [1.54, 1.807) is 11.3 Å². The molecule has 0 aliphatic rings. The molecule has 0 radical (unpaired) electrons. The average Bonchev–Trinajstić information content (AvgIpc) is 2.61. The highest BCUT2D eigenvalue weighted by molar-refractivity contribution is 7.18. The highest BCUT2D eigenvalue weighted by atomic mass is 35.5. The minimum Gasteiger partial charge on any atom is -0.370 e. The summed E-state index contributed by atoms with van der Waals surface area (Å²) >= 11 is 1.76. The predicted octanol–water partition coefficient (Wildman–Crippen LogP) is 3.42. The van der Waals surface area contributed by atoms with Crippen molar-refractivity contribution in [2.45, 2.75) is 27.2 Å². The van der Waals surface area contributed by atoms with Gasteiger partial charge in [0.1, 0.15) is 16.5 Å². The Hall–Kier alpha value is -0.870. The molecule has 2 aromatic rings. The van der Waals surface area contributed by atoms with E-state index in [2.05, 4.69) is 35.2 Å². The van der Waals surface area contributed by atoms with Crippen molar-refractivity contribution in [3.05, 3.63) is 16.8 Å². The van der Waals surface area contributed by atoms with Crippen molar-refractivity contribution in [1.82, 2.24) is 9.97 Å². The number of aromatic nitrogens is 2. The third kappa shape index (κ3) is 2.44. The molecule has 5 heteroatoms. The van der Waals surface area contributed by atoms with Gasteiger partial charge in [-0.25, -0.2) is 9.97 Å². The first-order valence-electron chi connectivity index (χ1n) is 5.25. The fourth-order valence-corrected chi connectivity index (χ4v) is 2.57. The Kier molecular flexibility index (Phi) is 4.50. The number of rotatable bonds is 3. The summed E-state index contributed by atoms with van der Waals surface area (Å²) in [6, 6.07) is 2.19. The summed E-state index contributed by atoms with van der Waals surface area (Å²) in [5.41, 5.74) is 0. The van der Waals surface area contributed by atoms with Crippen molar-refractivity contribution in [1.29, 1.82) is 0 Å². The summed E-state index contributed by atoms with van der Waals surface area (Å²) in [6.07, 6.45) is 1.06. The number of fused-ring (bicyclic) bond motifs is 1. The third-order valence-electron chi connectivity index (χ3n) is 2.25. The normalized spacial score (nSPS) is 10.2. The maximum absolute atomic E-state index is 4.45. The van der Waals surface area contributed by atoms with E-state index in [4.69, 9.17) is 0 Å². The molecule has 0 unspecified atom stereocenters. The van der Waals surface area contributed by atoms with E-state index in [0.29, 0.717) is 0 Å². The van der Waals surface area contributed by atoms with Crippen LogP contribution < -0.4 is 5.32 Å². The quantitative estimate of drug-likeness (QED) is 0.916. The zero-order valence-corrected chi connectivity index (χ0v) is 11.3. The Bertz CT molecular complexity index is 481. The maximum atomic E-state index is 4.45. The zero-order valence-electron chi connectivity index (χ0n) is 9.70. The van der Waals surface area contributed by atoms with Crippen molar-refractivity contribution >= 4 is 39.8 Å². The molecule has 0 spiro atoms. The number of hydrogen-bond acceptors (Lipinski definition) is 4. The van der Waals surface area contributed by atoms with Gasteiger partial charge in [0.15, 0.2) is 0 Å². The lowest BCUT2D eigenvalue weighted by molar-refractivity contribution is 1.07. The molecule has 1 N–H and O–H groups in total. The molecule has 0 amide bonds. The van der Waals surface area contributed by atoms with Crippen LogP contribution in [0.4, 0.5) is 5.82 Å². The summed E-state index contributed by atoms with van der Waals surface area (Å²) in [4.78, 5) is 11.3. The first-order valence-corrected chi connectivity index (χ1v) is 6.07. The lowest BCUT2D eigenvalue weighted by Crippen LogP contribution is -2.01. The molecule has 0 bridgehead atoms. The molecule has 16 heavy (non-hydrogen) atoms. The standard InChI is InChI=1S/C11H15N3S.ClH/c1-4-8-6-9-10(12-5-2)13-7(3)14-11(9)15-8;/h6H,4-5H2,1-3H3,(H,12,13,14);1H. The molecule has 0 aliphatic heterocycles. The molecular formula is C11H16ClN3S. The molecule has 88 valence electrons. The van der Waals surface area contributed by atoms with E-state index in [-0.39, 0.29) is 12.4 Å². The van der Waals surface area contributed by atoms with Crippen LogP contribution in [-0.4, -0.2) is 16.5 Å². The van der Waals surface area contributed by atoms with Gasteiger partial charge >= 0.3 is 0 Å². The molecule has 2 heterocycles. The second kappa shape index (κ2) is 5.46. The Balaban J connectivity index is 0.00000128. The average molecular weight is 258 g/mol. The van der Waals surface area contributed by atoms with Gasteiger partial charge in [-0.05, 0) is 26.3 Å². The number of thiophene rings is 1. The molecule has 0 saturated heterocycles. The van der Waals surface area contributed by atoms with Crippen LogP contribution in [0.15, 0.2) is 6.07 Å². The number of nitrogens with zero attached hydrogens (tertiary/aromatic N) is 2. The third-order valence-corrected chi connectivity index (χ3v) is 3.42. The van der Waals surface area contributed by atoms with Gasteiger partial charge in [0.05, 0.1) is 5.39 Å². The molecule has 0 aliphatic carbocycles. The minimum absolute atomic E-state index is 0. The van der Waals surface area contributed by atoms with Crippen molar-refractivity contribution in [3.8, 4) is 0 Å². The maximum Gasteiger partial charge on any atom is 0.138 e. The highest BCUT2D eigenvalue weighted by Crippen LogP contribution is 2.28. The molecule has 2 aromatic heterocycles. The van der Waals surface area contributed by atoms with Crippen LogP contribution in [0.5, 0.6) is 0 Å². The van der Waals surface area contributed by atoms with Gasteiger partial charge in [0, 0.05) is 11.4 Å². The van der Waals surface area contributed by atoms with E-state index in [0.717, 1.165) is 34.8 Å². The Labute approximate surface area is 106 Å². The van der Waals surface area contributed by atoms with Gasteiger partial charge in [-0.15, -0.1) is 23.7 Å². The van der Waals surface area contributed by atoms with E-state index in [9.17, 15) is 0 Å². The molecule has 2 rings (SSSR count). The second-order valence-electron chi connectivity index (χ2n) is 3.43. The topological polar surface area (TPSA) is 37.8 Å². The lowest BCUT2D eigenvalue weighted by Gasteiger charge is -2.03. The van der Waals surface area contributed by atoms with Crippen LogP contribution in [-0.2, 0) is 6.42 Å². The van der Waals surface area contributed by atoms with E-state index >= 15 is 0 Å². The van der Waals surface area contributed by atoms with Gasteiger partial charge in [-0.3, -0.25) is 0 Å². The van der Waals surface area contributed by atoms with Crippen molar-refractivity contribution in [2.24, 2.45) is 0 Å². The highest BCUT2D eigenvalue weighted by Gasteiger charge is 2.08. The summed E-state index contributed by atoms with van der Waals surface area (Å²) < 4.78 is 0. The fraction of sp³-hybridized carbons (Fsp3) is 0.455. The Morgan fingerprint density at radius 3 is 2.69 bits per heavy atom. The first-order chi connectivity index (χ1) is 7.24. The van der Waals surface area contributed by atoms with Crippen LogP contribution in [0.1, 0.15) is 24.5 Å². The zero-order chi connectivity index (χ0) is 10.8. The van der Waals surface area contributed by atoms with Crippen LogP contribution in [0.3, 0.4) is 0 Å². The first kappa shape index (κ1) is 13.2. The van der Waals surface area contributed by atoms with Crippen molar-refractivity contribution in [3.63, 3.8) is 0 Å². The second-order valence-corrected chi connectivity index (χ2v) is 4.55. The summed E-state index contributed by atoms with van der Waals surface area (Å²) in [5, 5.41) is 4.44. The molecule has 0 saturated carbocycles. The van der Waals surface area contributed by atoms with Gasteiger partial charge in [-0.1, -0.05) is 6.92 Å². The summed E-state index contributed by atoms with van der Waals surface area (Å²) in [6.45, 7) is 7.07. The van der Waals surface area contributed by atoms with Gasteiger partial charge < -0.3 is 5.32 Å². The Morgan fingerprint density at radius 1 is 1.31 bits per heavy atom. The number of nitrogens with one attached hydrogen (secondary N) is 1. The fourth-order valence-electron chi connectivity index (χ4n) is 1.55. The van der Waals surface area contributed by atoms with E-state index in [1.807, 2.05) is 6.92 Å². The van der Waals surface area contributed by atoms with Gasteiger partial charge in [0.2, 0.25) is 0 Å². The number of halogens is 1. The number of hydrogen-bond donors (Lipinski definition) is 1. The van der Waals surface area contributed by atoms with E-state index < -0.39 is 0 Å². The van der Waals surface area contributed by atoms with E-state index in [1.165, 1.54) is 4.88 Å². The SMILES string of the molecule is CCNc1nc(C)nc2sc(CC)cc12.Cl. The van der Waals surface area contributed by atoms with Crippen LogP contribution in [0.25, 0.3) is 10.2 Å². The number of aryl methyl sites for hydroxylation is 2. The predicted molar refractivity (Wildman–Crippen MR) is 72.9 cm³/mol. The van der Waals surface area contributed by atoms with Crippen molar-refractivity contribution in [2.75, 3.05) is 11.9 Å². The van der Waals surface area contributed by atoms with Crippen LogP contribution >= 0.6 is 23.7 Å². The van der Waals surface area contributed by atoms with Crippen molar-refractivity contribution < 1.29 is 0 Å². The number of anilines is 1. The van der Waals surface area contributed by atoms with Gasteiger partial charge in [-0.2, -0.15) is 0 Å². The smallest absolute Gasteiger partial charge is 0.138 e. The molecule has 0 fully saturated rings. The summed E-state index contributed by atoms with van der Waals surface area (Å²) in [5.74, 6) is 1.80. The van der Waals surface area contributed by atoms with Gasteiger partial charge in [0.25, 0.3) is 0 Å². The van der Waals surface area contributed by atoms with Crippen LogP contribution in [0.2, 0.25) is 0 Å². The molecular weight excluding hydrogens is 242 g/mol.